The predicted octanol–water partition coefficient (Wildman–Crippen LogP) is 3.37. The average Bonchev–Trinajstić information content (AvgIpc) is 2.99. The first-order chi connectivity index (χ1) is 11.1. The topological polar surface area (TPSA) is 66.3 Å². The number of carbonyl (C=O) groups is 1. The van der Waals surface area contributed by atoms with Gasteiger partial charge in [0.25, 0.3) is 0 Å². The summed E-state index contributed by atoms with van der Waals surface area (Å²) in [6, 6.07) is 16.9. The Labute approximate surface area is 138 Å². The summed E-state index contributed by atoms with van der Waals surface area (Å²) in [5.74, 6) is -0.175. The van der Waals surface area contributed by atoms with Crippen molar-refractivity contribution in [3.8, 4) is 0 Å². The van der Waals surface area contributed by atoms with E-state index in [9.17, 15) is 4.79 Å². The number of rotatable bonds is 2. The molecule has 3 aromatic rings. The van der Waals surface area contributed by atoms with E-state index >= 15 is 0 Å². The van der Waals surface area contributed by atoms with Crippen LogP contribution in [-0.2, 0) is 0 Å². The highest BCUT2D eigenvalue weighted by molar-refractivity contribution is 7.80. The molecule has 0 saturated carbocycles. The summed E-state index contributed by atoms with van der Waals surface area (Å²) in [5, 5.41) is 4.14. The summed E-state index contributed by atoms with van der Waals surface area (Å²) in [7, 11) is 0. The van der Waals surface area contributed by atoms with E-state index in [4.69, 9.17) is 16.6 Å². The molecule has 0 aliphatic carbocycles. The second-order valence-electron chi connectivity index (χ2n) is 5.05. The number of nitrogens with one attached hydrogen (secondary N) is 3. The molecule has 0 atom stereocenters. The van der Waals surface area contributed by atoms with E-state index in [-0.39, 0.29) is 5.76 Å². The Kier molecular flexibility index (Phi) is 4.25. The first-order valence-corrected chi connectivity index (χ1v) is 7.45. The number of fused-ring (bicyclic) bond motifs is 1. The Bertz CT molecular complexity index is 823. The Morgan fingerprint density at radius 2 is 1.78 bits per heavy atom. The first kappa shape index (κ1) is 15.1. The second kappa shape index (κ2) is 6.50. The van der Waals surface area contributed by atoms with Crippen molar-refractivity contribution in [1.29, 1.82) is 0 Å². The smallest absolute Gasteiger partial charge is 0.305 e. The molecule has 0 aliphatic rings. The van der Waals surface area contributed by atoms with Gasteiger partial charge >= 0.3 is 5.91 Å². The van der Waals surface area contributed by atoms with Crippen molar-refractivity contribution in [3.05, 3.63) is 65.9 Å². The van der Waals surface area contributed by atoms with Gasteiger partial charge in [0.15, 0.2) is 10.9 Å². The van der Waals surface area contributed by atoms with E-state index in [1.54, 1.807) is 6.07 Å². The molecule has 0 saturated heterocycles. The Morgan fingerprint density at radius 1 is 1.04 bits per heavy atom. The maximum Gasteiger partial charge on any atom is 0.305 e. The molecular weight excluding hydrogens is 310 g/mol. The molecule has 6 heteroatoms. The summed E-state index contributed by atoms with van der Waals surface area (Å²) in [4.78, 5) is 12.1. The molecule has 2 aromatic carbocycles. The Balaban J connectivity index is 1.57. The lowest BCUT2D eigenvalue weighted by Gasteiger charge is -2.10. The summed E-state index contributed by atoms with van der Waals surface area (Å²) < 4.78 is 5.48. The zero-order valence-electron chi connectivity index (χ0n) is 12.4. The average molecular weight is 325 g/mol. The molecule has 1 amide bonds. The zero-order chi connectivity index (χ0) is 16.2. The lowest BCUT2D eigenvalue weighted by molar-refractivity contribution is 0.0918. The van der Waals surface area contributed by atoms with Gasteiger partial charge in [-0.1, -0.05) is 35.9 Å². The van der Waals surface area contributed by atoms with Gasteiger partial charge in [-0.15, -0.1) is 0 Å². The van der Waals surface area contributed by atoms with Gasteiger partial charge in [-0.25, -0.2) is 0 Å². The standard InChI is InChI=1S/C17H15N3O2S/c1-11-6-8-13(9-7-11)18-17(23)20-19-16(21)15-10-12-4-2-3-5-14(12)22-15/h2-10H,1H3,(H,19,21)(H2,18,20,23). The van der Waals surface area contributed by atoms with Crippen molar-refractivity contribution in [2.45, 2.75) is 6.92 Å². The molecule has 0 radical (unpaired) electrons. The lowest BCUT2D eigenvalue weighted by Crippen LogP contribution is -2.43. The van der Waals surface area contributed by atoms with Crippen LogP contribution in [0.25, 0.3) is 11.0 Å². The SMILES string of the molecule is Cc1ccc(NC(=S)NNC(=O)c2cc3ccccc3o2)cc1. The predicted molar refractivity (Wildman–Crippen MR) is 94.2 cm³/mol. The van der Waals surface area contributed by atoms with Crippen LogP contribution in [0.3, 0.4) is 0 Å². The molecule has 0 unspecified atom stereocenters. The van der Waals surface area contributed by atoms with E-state index in [2.05, 4.69) is 16.2 Å². The van der Waals surface area contributed by atoms with Crippen molar-refractivity contribution in [2.75, 3.05) is 5.32 Å². The van der Waals surface area contributed by atoms with Crippen LogP contribution in [0.5, 0.6) is 0 Å². The number of hydrogen-bond acceptors (Lipinski definition) is 3. The highest BCUT2D eigenvalue weighted by atomic mass is 32.1. The molecule has 3 rings (SSSR count). The molecule has 3 N–H and O–H groups in total. The minimum Gasteiger partial charge on any atom is -0.451 e. The summed E-state index contributed by atoms with van der Waals surface area (Å²) in [6.07, 6.45) is 0. The monoisotopic (exact) mass is 325 g/mol. The Morgan fingerprint density at radius 3 is 2.52 bits per heavy atom. The van der Waals surface area contributed by atoms with Crippen LogP contribution in [0.4, 0.5) is 5.69 Å². The summed E-state index contributed by atoms with van der Waals surface area (Å²) in [6.45, 7) is 2.01. The van der Waals surface area contributed by atoms with Gasteiger partial charge in [0, 0.05) is 11.1 Å². The minimum atomic E-state index is -0.394. The van der Waals surface area contributed by atoms with Gasteiger partial charge in [-0.05, 0) is 43.4 Å². The van der Waals surface area contributed by atoms with Crippen molar-refractivity contribution in [2.24, 2.45) is 0 Å². The fourth-order valence-corrected chi connectivity index (χ4v) is 2.24. The largest absolute Gasteiger partial charge is 0.451 e. The maximum absolute atomic E-state index is 12.1. The van der Waals surface area contributed by atoms with E-state index in [1.807, 2.05) is 55.5 Å². The molecule has 23 heavy (non-hydrogen) atoms. The number of carbonyl (C=O) groups excluding carboxylic acids is 1. The third-order valence-corrected chi connectivity index (χ3v) is 3.45. The van der Waals surface area contributed by atoms with Gasteiger partial charge in [0.2, 0.25) is 0 Å². The molecule has 5 nitrogen and oxygen atoms in total. The van der Waals surface area contributed by atoms with Crippen molar-refractivity contribution in [3.63, 3.8) is 0 Å². The van der Waals surface area contributed by atoms with Crippen LogP contribution in [0.15, 0.2) is 59.0 Å². The minimum absolute atomic E-state index is 0.219. The number of hydrazine groups is 1. The third kappa shape index (κ3) is 3.67. The normalized spacial score (nSPS) is 10.3. The lowest BCUT2D eigenvalue weighted by atomic mass is 10.2. The fraction of sp³-hybridized carbons (Fsp3) is 0.0588. The highest BCUT2D eigenvalue weighted by Crippen LogP contribution is 2.18. The molecule has 0 aliphatic heterocycles. The number of hydrogen-bond donors (Lipinski definition) is 3. The van der Waals surface area contributed by atoms with Gasteiger partial charge in [-0.2, -0.15) is 0 Å². The summed E-state index contributed by atoms with van der Waals surface area (Å²) in [5.41, 5.74) is 7.82. The van der Waals surface area contributed by atoms with E-state index in [1.165, 1.54) is 0 Å². The molecule has 0 spiro atoms. The molecule has 0 bridgehead atoms. The van der Waals surface area contributed by atoms with Crippen LogP contribution in [0.1, 0.15) is 16.1 Å². The number of benzene rings is 2. The zero-order valence-corrected chi connectivity index (χ0v) is 13.2. The van der Waals surface area contributed by atoms with Crippen LogP contribution in [0, 0.1) is 6.92 Å². The highest BCUT2D eigenvalue weighted by Gasteiger charge is 2.12. The number of thiocarbonyl (C=S) groups is 1. The maximum atomic E-state index is 12.1. The van der Waals surface area contributed by atoms with Crippen molar-refractivity contribution >= 4 is 39.9 Å². The summed E-state index contributed by atoms with van der Waals surface area (Å²) >= 11 is 5.13. The van der Waals surface area contributed by atoms with Crippen LogP contribution in [-0.4, -0.2) is 11.0 Å². The second-order valence-corrected chi connectivity index (χ2v) is 5.46. The molecule has 0 fully saturated rings. The van der Waals surface area contributed by atoms with Gasteiger partial charge < -0.3 is 9.73 Å². The number of furan rings is 1. The van der Waals surface area contributed by atoms with Crippen LogP contribution < -0.4 is 16.2 Å². The molecule has 1 heterocycles. The van der Waals surface area contributed by atoms with E-state index in [0.29, 0.717) is 10.7 Å². The Hall–Kier alpha value is -2.86. The van der Waals surface area contributed by atoms with Crippen LogP contribution in [0.2, 0.25) is 0 Å². The third-order valence-electron chi connectivity index (χ3n) is 3.25. The molecule has 116 valence electrons. The number of anilines is 1. The number of aryl methyl sites for hydroxylation is 1. The molecule has 1 aromatic heterocycles. The van der Waals surface area contributed by atoms with Gasteiger partial charge in [0.05, 0.1) is 0 Å². The molecular formula is C17H15N3O2S. The van der Waals surface area contributed by atoms with Crippen LogP contribution >= 0.6 is 12.2 Å². The number of para-hydroxylation sites is 1. The number of amides is 1. The van der Waals surface area contributed by atoms with E-state index in [0.717, 1.165) is 16.6 Å². The fourth-order valence-electron chi connectivity index (χ4n) is 2.07. The van der Waals surface area contributed by atoms with Gasteiger partial charge in [-0.3, -0.25) is 15.6 Å². The first-order valence-electron chi connectivity index (χ1n) is 7.04. The van der Waals surface area contributed by atoms with Crippen molar-refractivity contribution < 1.29 is 9.21 Å². The van der Waals surface area contributed by atoms with Gasteiger partial charge in [0.1, 0.15) is 5.58 Å². The quantitative estimate of drug-likeness (QED) is 0.498. The van der Waals surface area contributed by atoms with Crippen molar-refractivity contribution in [1.82, 2.24) is 10.9 Å². The van der Waals surface area contributed by atoms with E-state index < -0.39 is 5.91 Å².